The lowest BCUT2D eigenvalue weighted by Crippen LogP contribution is -2.33. The molecule has 2 heterocycles. The first-order valence-corrected chi connectivity index (χ1v) is 10.7. The molecule has 0 atom stereocenters. The summed E-state index contributed by atoms with van der Waals surface area (Å²) in [6.45, 7) is 4.40. The van der Waals surface area contributed by atoms with Crippen LogP contribution in [0.2, 0.25) is 5.02 Å². The molecule has 0 unspecified atom stereocenters. The second-order valence-corrected chi connectivity index (χ2v) is 8.52. The van der Waals surface area contributed by atoms with Crippen LogP contribution in [0.1, 0.15) is 35.4 Å². The lowest BCUT2D eigenvalue weighted by molar-refractivity contribution is -0.132. The molecule has 158 valence electrons. The van der Waals surface area contributed by atoms with Crippen LogP contribution in [0.25, 0.3) is 22.4 Å². The molecule has 1 fully saturated rings. The molecule has 0 N–H and O–H groups in total. The van der Waals surface area contributed by atoms with Crippen LogP contribution in [0.5, 0.6) is 0 Å². The number of rotatable bonds is 6. The Morgan fingerprint density at radius 1 is 1.13 bits per heavy atom. The van der Waals surface area contributed by atoms with Gasteiger partial charge in [0.05, 0.1) is 19.2 Å². The maximum absolute atomic E-state index is 13.2. The van der Waals surface area contributed by atoms with Crippen LogP contribution in [-0.4, -0.2) is 27.0 Å². The summed E-state index contributed by atoms with van der Waals surface area (Å²) in [4.78, 5) is 15.0. The van der Waals surface area contributed by atoms with E-state index in [0.717, 1.165) is 40.5 Å². The van der Waals surface area contributed by atoms with Crippen LogP contribution in [0.3, 0.4) is 0 Å². The van der Waals surface area contributed by atoms with Crippen LogP contribution < -0.4 is 0 Å². The zero-order valence-corrected chi connectivity index (χ0v) is 18.1. The van der Waals surface area contributed by atoms with Crippen LogP contribution in [0, 0.1) is 13.8 Å². The van der Waals surface area contributed by atoms with Crippen molar-refractivity contribution in [1.29, 1.82) is 0 Å². The van der Waals surface area contributed by atoms with E-state index in [1.54, 1.807) is 18.4 Å². The second kappa shape index (κ2) is 7.85. The first-order valence-electron chi connectivity index (χ1n) is 10.3. The van der Waals surface area contributed by atoms with E-state index in [-0.39, 0.29) is 18.4 Å². The van der Waals surface area contributed by atoms with Crippen molar-refractivity contribution in [2.75, 3.05) is 0 Å². The number of carbonyl (C=O) groups excluding carboxylic acids is 1. The topological polar surface area (TPSA) is 72.4 Å². The Labute approximate surface area is 184 Å². The minimum absolute atomic E-state index is 0.0367. The molecule has 0 bridgehead atoms. The van der Waals surface area contributed by atoms with Gasteiger partial charge in [0.15, 0.2) is 0 Å². The monoisotopic (exact) mass is 435 g/mol. The van der Waals surface area contributed by atoms with Gasteiger partial charge in [-0.25, -0.2) is 0 Å². The number of hydrogen-bond acceptors (Lipinski definition) is 5. The van der Waals surface area contributed by atoms with Crippen molar-refractivity contribution in [2.45, 2.75) is 45.7 Å². The molecular formula is C24H22ClN3O3. The number of furan rings is 1. The first kappa shape index (κ1) is 19.8. The lowest BCUT2D eigenvalue weighted by atomic mass is 10.0. The zero-order chi connectivity index (χ0) is 21.5. The van der Waals surface area contributed by atoms with Gasteiger partial charge in [0, 0.05) is 27.6 Å². The molecule has 5 rings (SSSR count). The Morgan fingerprint density at radius 3 is 2.65 bits per heavy atom. The van der Waals surface area contributed by atoms with Gasteiger partial charge in [0.1, 0.15) is 5.58 Å². The van der Waals surface area contributed by atoms with Crippen molar-refractivity contribution < 1.29 is 13.6 Å². The van der Waals surface area contributed by atoms with Crippen LogP contribution >= 0.6 is 11.6 Å². The highest BCUT2D eigenvalue weighted by Crippen LogP contribution is 2.31. The molecule has 1 amide bonds. The summed E-state index contributed by atoms with van der Waals surface area (Å²) in [5.41, 5.74) is 4.83. The molecule has 0 aliphatic heterocycles. The Hall–Kier alpha value is -3.12. The number of aryl methyl sites for hydroxylation is 2. The molecule has 0 radical (unpaired) electrons. The van der Waals surface area contributed by atoms with Gasteiger partial charge in [-0.1, -0.05) is 23.7 Å². The second-order valence-electron chi connectivity index (χ2n) is 8.08. The van der Waals surface area contributed by atoms with Crippen molar-refractivity contribution in [2.24, 2.45) is 0 Å². The fraction of sp³-hybridized carbons (Fsp3) is 0.292. The van der Waals surface area contributed by atoms with Crippen LogP contribution in [-0.2, 0) is 17.8 Å². The van der Waals surface area contributed by atoms with Crippen molar-refractivity contribution in [3.63, 3.8) is 0 Å². The van der Waals surface area contributed by atoms with E-state index in [1.807, 2.05) is 30.0 Å². The predicted molar refractivity (Wildman–Crippen MR) is 118 cm³/mol. The van der Waals surface area contributed by atoms with E-state index in [9.17, 15) is 4.79 Å². The summed E-state index contributed by atoms with van der Waals surface area (Å²) in [5.74, 6) is 0.880. The number of hydrogen-bond donors (Lipinski definition) is 0. The maximum Gasteiger partial charge on any atom is 0.247 e. The fourth-order valence-corrected chi connectivity index (χ4v) is 3.90. The maximum atomic E-state index is 13.2. The van der Waals surface area contributed by atoms with Crippen molar-refractivity contribution in [3.05, 3.63) is 70.3 Å². The number of nitrogens with zero attached hydrogens (tertiary/aromatic N) is 3. The molecule has 2 aromatic heterocycles. The molecule has 4 aromatic rings. The van der Waals surface area contributed by atoms with Gasteiger partial charge in [-0.3, -0.25) is 4.79 Å². The molecular weight excluding hydrogens is 414 g/mol. The quantitative estimate of drug-likeness (QED) is 0.400. The molecule has 0 saturated heterocycles. The number of carbonyl (C=O) groups is 1. The van der Waals surface area contributed by atoms with Crippen molar-refractivity contribution >= 4 is 28.5 Å². The van der Waals surface area contributed by atoms with E-state index in [4.69, 9.17) is 20.4 Å². The standard InChI is InChI=1S/C24H22ClN3O3/c1-14-3-10-20-17(13-30-23(20)15(14)2)11-22(29)28(19-8-9-19)12-21-26-27-24(31-21)16-4-6-18(25)7-5-16/h3-7,10,13,19H,8-9,11-12H2,1-2H3. The van der Waals surface area contributed by atoms with Crippen LogP contribution in [0.15, 0.2) is 51.5 Å². The normalized spacial score (nSPS) is 13.6. The average Bonchev–Trinajstić information content (AvgIpc) is 3.35. The third-order valence-corrected chi connectivity index (χ3v) is 6.11. The van der Waals surface area contributed by atoms with E-state index in [0.29, 0.717) is 23.3 Å². The molecule has 1 aliphatic rings. The molecule has 31 heavy (non-hydrogen) atoms. The number of amides is 1. The molecule has 6 nitrogen and oxygen atoms in total. The van der Waals surface area contributed by atoms with Gasteiger partial charge in [0.2, 0.25) is 17.7 Å². The molecule has 1 saturated carbocycles. The third-order valence-electron chi connectivity index (χ3n) is 5.86. The summed E-state index contributed by atoms with van der Waals surface area (Å²) < 4.78 is 11.6. The molecule has 7 heteroatoms. The summed E-state index contributed by atoms with van der Waals surface area (Å²) in [7, 11) is 0. The van der Waals surface area contributed by atoms with E-state index in [2.05, 4.69) is 23.2 Å². The van der Waals surface area contributed by atoms with Gasteiger partial charge in [-0.05, 0) is 62.1 Å². The Balaban J connectivity index is 1.34. The highest BCUT2D eigenvalue weighted by molar-refractivity contribution is 6.30. The zero-order valence-electron chi connectivity index (χ0n) is 17.4. The minimum atomic E-state index is 0.0367. The van der Waals surface area contributed by atoms with E-state index >= 15 is 0 Å². The number of fused-ring (bicyclic) bond motifs is 1. The van der Waals surface area contributed by atoms with Gasteiger partial charge in [0.25, 0.3) is 0 Å². The summed E-state index contributed by atoms with van der Waals surface area (Å²) >= 11 is 5.94. The SMILES string of the molecule is Cc1ccc2c(CC(=O)N(Cc3nnc(-c4ccc(Cl)cc4)o3)C3CC3)coc2c1C. The van der Waals surface area contributed by atoms with E-state index < -0.39 is 0 Å². The number of aromatic nitrogens is 2. The van der Waals surface area contributed by atoms with E-state index in [1.165, 1.54) is 5.56 Å². The third kappa shape index (κ3) is 3.95. The Morgan fingerprint density at radius 2 is 1.90 bits per heavy atom. The average molecular weight is 436 g/mol. The minimum Gasteiger partial charge on any atom is -0.464 e. The van der Waals surface area contributed by atoms with Gasteiger partial charge in [-0.2, -0.15) is 0 Å². The fourth-order valence-electron chi connectivity index (χ4n) is 3.77. The van der Waals surface area contributed by atoms with Gasteiger partial charge >= 0.3 is 0 Å². The van der Waals surface area contributed by atoms with Crippen molar-refractivity contribution in [1.82, 2.24) is 15.1 Å². The number of halogens is 1. The Bertz CT molecular complexity index is 1260. The summed E-state index contributed by atoms with van der Waals surface area (Å²) in [6.07, 6.45) is 3.97. The first-order chi connectivity index (χ1) is 15.0. The summed E-state index contributed by atoms with van der Waals surface area (Å²) in [5, 5.41) is 9.92. The highest BCUT2D eigenvalue weighted by atomic mass is 35.5. The van der Waals surface area contributed by atoms with Gasteiger partial charge in [-0.15, -0.1) is 10.2 Å². The van der Waals surface area contributed by atoms with Crippen molar-refractivity contribution in [3.8, 4) is 11.5 Å². The largest absolute Gasteiger partial charge is 0.464 e. The van der Waals surface area contributed by atoms with Gasteiger partial charge < -0.3 is 13.7 Å². The molecule has 2 aromatic carbocycles. The highest BCUT2D eigenvalue weighted by Gasteiger charge is 2.34. The molecule has 0 spiro atoms. The summed E-state index contributed by atoms with van der Waals surface area (Å²) in [6, 6.07) is 11.5. The predicted octanol–water partition coefficient (Wildman–Crippen LogP) is 5.49. The smallest absolute Gasteiger partial charge is 0.247 e. The lowest BCUT2D eigenvalue weighted by Gasteiger charge is -2.20. The van der Waals surface area contributed by atoms with Crippen LogP contribution in [0.4, 0.5) is 0 Å². The molecule has 1 aliphatic carbocycles. The Kier molecular flexibility index (Phi) is 5.02. The number of benzene rings is 2.